The predicted molar refractivity (Wildman–Crippen MR) is 101 cm³/mol. The van der Waals surface area contributed by atoms with E-state index >= 15 is 0 Å². The molecule has 144 valence electrons. The number of ether oxygens (including phenoxy) is 2. The minimum Gasteiger partial charge on any atom is -0.493 e. The standard InChI is InChI=1S/C19H23N3O5/c1-12-20-17-13(9-7-6-8-10-16(23)22(2)27-5)18(26-4)15(25-3)11-14(17)19(24)21-12/h11H,6,8,10H2,1-5H3,(H,20,21,24). The van der Waals surface area contributed by atoms with Crippen LogP contribution in [0.15, 0.2) is 10.9 Å². The van der Waals surface area contributed by atoms with Crippen molar-refractivity contribution < 1.29 is 19.1 Å². The fraction of sp³-hybridized carbons (Fsp3) is 0.421. The lowest BCUT2D eigenvalue weighted by atomic mass is 10.1. The number of unbranched alkanes of at least 4 members (excludes halogenated alkanes) is 1. The van der Waals surface area contributed by atoms with Crippen molar-refractivity contribution in [3.8, 4) is 23.3 Å². The summed E-state index contributed by atoms with van der Waals surface area (Å²) in [6.45, 7) is 1.70. The quantitative estimate of drug-likeness (QED) is 0.471. The molecule has 0 aliphatic rings. The summed E-state index contributed by atoms with van der Waals surface area (Å²) in [5.41, 5.74) is 0.674. The van der Waals surface area contributed by atoms with Gasteiger partial charge < -0.3 is 14.5 Å². The van der Waals surface area contributed by atoms with E-state index in [0.29, 0.717) is 53.1 Å². The molecule has 0 saturated carbocycles. The zero-order valence-electron chi connectivity index (χ0n) is 16.1. The zero-order chi connectivity index (χ0) is 20.0. The van der Waals surface area contributed by atoms with Crippen molar-refractivity contribution in [3.05, 3.63) is 27.8 Å². The lowest BCUT2D eigenvalue weighted by Crippen LogP contribution is -2.24. The summed E-state index contributed by atoms with van der Waals surface area (Å²) in [5.74, 6) is 7.24. The number of H-pyrrole nitrogens is 1. The first-order chi connectivity index (χ1) is 12.9. The van der Waals surface area contributed by atoms with E-state index in [-0.39, 0.29) is 11.5 Å². The van der Waals surface area contributed by atoms with Gasteiger partial charge in [0.1, 0.15) is 5.82 Å². The highest BCUT2D eigenvalue weighted by Gasteiger charge is 2.17. The van der Waals surface area contributed by atoms with Gasteiger partial charge in [0.2, 0.25) is 5.91 Å². The highest BCUT2D eigenvalue weighted by atomic mass is 16.7. The number of aryl methyl sites for hydroxylation is 1. The number of carbonyl (C=O) groups is 1. The maximum atomic E-state index is 12.3. The maximum Gasteiger partial charge on any atom is 0.258 e. The van der Waals surface area contributed by atoms with Crippen LogP contribution in [0.25, 0.3) is 10.9 Å². The Hall–Kier alpha value is -3.05. The molecule has 0 aliphatic carbocycles. The van der Waals surface area contributed by atoms with E-state index < -0.39 is 0 Å². The first-order valence-electron chi connectivity index (χ1n) is 8.38. The van der Waals surface area contributed by atoms with E-state index in [9.17, 15) is 9.59 Å². The Labute approximate surface area is 157 Å². The summed E-state index contributed by atoms with van der Waals surface area (Å²) in [5, 5.41) is 1.56. The van der Waals surface area contributed by atoms with Crippen molar-refractivity contribution in [3.63, 3.8) is 0 Å². The number of hydrogen-bond acceptors (Lipinski definition) is 6. The second-order valence-corrected chi connectivity index (χ2v) is 5.76. The number of carbonyl (C=O) groups excluding carboxylic acids is 1. The number of amides is 1. The number of hydroxylamine groups is 2. The largest absolute Gasteiger partial charge is 0.493 e. The van der Waals surface area contributed by atoms with Crippen LogP contribution in [0.2, 0.25) is 0 Å². The predicted octanol–water partition coefficient (Wildman–Crippen LogP) is 1.79. The summed E-state index contributed by atoms with van der Waals surface area (Å²) in [6, 6.07) is 1.59. The maximum absolute atomic E-state index is 12.3. The molecule has 1 aromatic heterocycles. The Morgan fingerprint density at radius 3 is 2.67 bits per heavy atom. The number of aromatic nitrogens is 2. The van der Waals surface area contributed by atoms with Gasteiger partial charge in [0.25, 0.3) is 5.56 Å². The molecule has 0 aliphatic heterocycles. The van der Waals surface area contributed by atoms with E-state index in [1.165, 1.54) is 26.4 Å². The van der Waals surface area contributed by atoms with Gasteiger partial charge in [0, 0.05) is 19.9 Å². The number of hydrogen-bond donors (Lipinski definition) is 1. The average molecular weight is 373 g/mol. The second-order valence-electron chi connectivity index (χ2n) is 5.76. The van der Waals surface area contributed by atoms with Gasteiger partial charge in [-0.25, -0.2) is 10.0 Å². The third-order valence-electron chi connectivity index (χ3n) is 3.99. The molecule has 2 rings (SSSR count). The third kappa shape index (κ3) is 4.57. The highest BCUT2D eigenvalue weighted by molar-refractivity contribution is 5.89. The minimum absolute atomic E-state index is 0.118. The van der Waals surface area contributed by atoms with Gasteiger partial charge in [0.05, 0.1) is 37.8 Å². The fourth-order valence-electron chi connectivity index (χ4n) is 2.56. The molecule has 8 heteroatoms. The number of methoxy groups -OCH3 is 2. The van der Waals surface area contributed by atoms with E-state index in [1.807, 2.05) is 0 Å². The number of rotatable bonds is 6. The van der Waals surface area contributed by atoms with Gasteiger partial charge in [-0.15, -0.1) is 0 Å². The van der Waals surface area contributed by atoms with Crippen LogP contribution >= 0.6 is 0 Å². The van der Waals surface area contributed by atoms with Gasteiger partial charge in [-0.2, -0.15) is 0 Å². The van der Waals surface area contributed by atoms with E-state index in [1.54, 1.807) is 20.0 Å². The number of aromatic amines is 1. The molecule has 0 spiro atoms. The molecule has 1 heterocycles. The normalized spacial score (nSPS) is 10.3. The lowest BCUT2D eigenvalue weighted by molar-refractivity contribution is -0.168. The van der Waals surface area contributed by atoms with Crippen LogP contribution in [-0.4, -0.2) is 49.3 Å². The summed E-state index contributed by atoms with van der Waals surface area (Å²) in [6.07, 6.45) is 1.40. The van der Waals surface area contributed by atoms with Crippen molar-refractivity contribution in [2.24, 2.45) is 0 Å². The van der Waals surface area contributed by atoms with Crippen LogP contribution in [-0.2, 0) is 9.63 Å². The molecule has 0 bridgehead atoms. The Bertz CT molecular complexity index is 956. The van der Waals surface area contributed by atoms with Crippen LogP contribution in [0.4, 0.5) is 0 Å². The number of benzene rings is 1. The molecule has 8 nitrogen and oxygen atoms in total. The van der Waals surface area contributed by atoms with Crippen molar-refractivity contribution in [2.45, 2.75) is 26.2 Å². The lowest BCUT2D eigenvalue weighted by Gasteiger charge is -2.12. The molecular formula is C19H23N3O5. The number of fused-ring (bicyclic) bond motifs is 1. The summed E-state index contributed by atoms with van der Waals surface area (Å²) < 4.78 is 10.8. The van der Waals surface area contributed by atoms with Crippen LogP contribution in [0, 0.1) is 18.8 Å². The molecule has 1 N–H and O–H groups in total. The fourth-order valence-corrected chi connectivity index (χ4v) is 2.56. The van der Waals surface area contributed by atoms with Crippen LogP contribution in [0.3, 0.4) is 0 Å². The number of nitrogens with one attached hydrogen (secondary N) is 1. The molecule has 0 atom stereocenters. The molecule has 0 radical (unpaired) electrons. The molecule has 2 aromatic rings. The number of nitrogens with zero attached hydrogens (tertiary/aromatic N) is 2. The van der Waals surface area contributed by atoms with Gasteiger partial charge in [-0.1, -0.05) is 11.8 Å². The van der Waals surface area contributed by atoms with E-state index in [4.69, 9.17) is 14.3 Å². The molecule has 0 saturated heterocycles. The zero-order valence-corrected chi connectivity index (χ0v) is 16.1. The Balaban J connectivity index is 2.37. The SMILES string of the molecule is COc1cc2c(=O)[nH]c(C)nc2c(C#CCCCC(=O)N(C)OC)c1OC. The molecule has 1 aromatic carbocycles. The van der Waals surface area contributed by atoms with E-state index in [2.05, 4.69) is 21.8 Å². The van der Waals surface area contributed by atoms with Gasteiger partial charge in [0.15, 0.2) is 11.5 Å². The molecule has 27 heavy (non-hydrogen) atoms. The smallest absolute Gasteiger partial charge is 0.258 e. The third-order valence-corrected chi connectivity index (χ3v) is 3.99. The molecule has 0 unspecified atom stereocenters. The minimum atomic E-state index is -0.269. The van der Waals surface area contributed by atoms with Crippen molar-refractivity contribution >= 4 is 16.8 Å². The second kappa shape index (κ2) is 9.05. The van der Waals surface area contributed by atoms with Gasteiger partial charge in [-0.05, 0) is 19.4 Å². The van der Waals surface area contributed by atoms with Crippen LogP contribution < -0.4 is 15.0 Å². The Morgan fingerprint density at radius 1 is 1.30 bits per heavy atom. The van der Waals surface area contributed by atoms with Crippen molar-refractivity contribution in [2.75, 3.05) is 28.4 Å². The first-order valence-corrected chi connectivity index (χ1v) is 8.38. The Kier molecular flexibility index (Phi) is 6.79. The Morgan fingerprint density at radius 2 is 2.04 bits per heavy atom. The summed E-state index contributed by atoms with van der Waals surface area (Å²) >= 11 is 0. The average Bonchev–Trinajstić information content (AvgIpc) is 2.66. The van der Waals surface area contributed by atoms with Gasteiger partial charge >= 0.3 is 0 Å². The van der Waals surface area contributed by atoms with Crippen molar-refractivity contribution in [1.82, 2.24) is 15.0 Å². The molecule has 1 amide bonds. The molecule has 0 fully saturated rings. The van der Waals surface area contributed by atoms with Gasteiger partial charge in [-0.3, -0.25) is 14.4 Å². The molecular weight excluding hydrogens is 350 g/mol. The summed E-state index contributed by atoms with van der Waals surface area (Å²) in [7, 11) is 6.00. The highest BCUT2D eigenvalue weighted by Crippen LogP contribution is 2.35. The van der Waals surface area contributed by atoms with E-state index in [0.717, 1.165) is 0 Å². The van der Waals surface area contributed by atoms with Crippen LogP contribution in [0.1, 0.15) is 30.7 Å². The van der Waals surface area contributed by atoms with Crippen molar-refractivity contribution in [1.29, 1.82) is 0 Å². The van der Waals surface area contributed by atoms with Crippen LogP contribution in [0.5, 0.6) is 11.5 Å². The topological polar surface area (TPSA) is 93.8 Å². The monoisotopic (exact) mass is 373 g/mol. The first kappa shape index (κ1) is 20.3. The summed E-state index contributed by atoms with van der Waals surface area (Å²) in [4.78, 5) is 35.9.